The number of hydrogen-bond acceptors (Lipinski definition) is 3. The molecule has 5 nitrogen and oxygen atoms in total. The Morgan fingerprint density at radius 1 is 1.43 bits per heavy atom. The Morgan fingerprint density at radius 2 is 2.24 bits per heavy atom. The van der Waals surface area contributed by atoms with Crippen LogP contribution in [0.2, 0.25) is 0 Å². The van der Waals surface area contributed by atoms with Crippen molar-refractivity contribution in [3.8, 4) is 0 Å². The van der Waals surface area contributed by atoms with E-state index < -0.39 is 5.82 Å². The molecule has 1 heterocycles. The van der Waals surface area contributed by atoms with Gasteiger partial charge in [-0.25, -0.2) is 9.37 Å². The average Bonchev–Trinajstić information content (AvgIpc) is 2.87. The fourth-order valence-electron chi connectivity index (χ4n) is 2.05. The summed E-state index contributed by atoms with van der Waals surface area (Å²) in [6, 6.07) is 4.53. The third-order valence-corrected chi connectivity index (χ3v) is 2.99. The smallest absolute Gasteiger partial charge is 0.221 e. The number of amides is 1. The van der Waals surface area contributed by atoms with E-state index in [1.807, 2.05) is 6.20 Å². The van der Waals surface area contributed by atoms with Gasteiger partial charge in [0, 0.05) is 31.5 Å². The second-order valence-corrected chi connectivity index (χ2v) is 4.77. The summed E-state index contributed by atoms with van der Waals surface area (Å²) in [6.45, 7) is 4.91. The number of benzene rings is 1. The molecular weight excluding hydrogens is 271 g/mol. The molecule has 112 valence electrons. The van der Waals surface area contributed by atoms with Crippen molar-refractivity contribution in [1.82, 2.24) is 9.55 Å². The molecule has 0 saturated heterocycles. The summed E-state index contributed by atoms with van der Waals surface area (Å²) in [6.07, 6.45) is 4.74. The Balaban J connectivity index is 2.06. The van der Waals surface area contributed by atoms with Crippen LogP contribution >= 0.6 is 0 Å². The van der Waals surface area contributed by atoms with Crippen LogP contribution in [0.15, 0.2) is 30.6 Å². The molecular formula is C15H19FN4O. The SMILES string of the molecule is CCCn1ccnc1CNc1ccc(F)c(NC(C)=O)c1. The number of nitrogens with one attached hydrogen (secondary N) is 2. The summed E-state index contributed by atoms with van der Waals surface area (Å²) in [5, 5.41) is 5.65. The predicted molar refractivity (Wildman–Crippen MR) is 80.5 cm³/mol. The van der Waals surface area contributed by atoms with Crippen LogP contribution in [-0.2, 0) is 17.9 Å². The van der Waals surface area contributed by atoms with Gasteiger partial charge < -0.3 is 15.2 Å². The zero-order valence-electron chi connectivity index (χ0n) is 12.2. The van der Waals surface area contributed by atoms with Crippen molar-refractivity contribution in [1.29, 1.82) is 0 Å². The van der Waals surface area contributed by atoms with Gasteiger partial charge in [-0.05, 0) is 24.6 Å². The van der Waals surface area contributed by atoms with Crippen molar-refractivity contribution in [3.63, 3.8) is 0 Å². The van der Waals surface area contributed by atoms with E-state index in [9.17, 15) is 9.18 Å². The third kappa shape index (κ3) is 4.05. The van der Waals surface area contributed by atoms with Gasteiger partial charge in [0.15, 0.2) is 0 Å². The molecule has 21 heavy (non-hydrogen) atoms. The molecule has 2 N–H and O–H groups in total. The molecule has 0 aliphatic heterocycles. The number of anilines is 2. The Morgan fingerprint density at radius 3 is 2.95 bits per heavy atom. The van der Waals surface area contributed by atoms with Crippen molar-refractivity contribution >= 4 is 17.3 Å². The minimum atomic E-state index is -0.455. The van der Waals surface area contributed by atoms with Crippen molar-refractivity contribution in [3.05, 3.63) is 42.2 Å². The summed E-state index contributed by atoms with van der Waals surface area (Å²) in [5.41, 5.74) is 0.899. The van der Waals surface area contributed by atoms with Crippen LogP contribution < -0.4 is 10.6 Å². The van der Waals surface area contributed by atoms with Crippen molar-refractivity contribution in [2.45, 2.75) is 33.4 Å². The molecule has 0 aliphatic carbocycles. The largest absolute Gasteiger partial charge is 0.378 e. The maximum atomic E-state index is 13.5. The average molecular weight is 290 g/mol. The first-order chi connectivity index (χ1) is 10.1. The number of nitrogens with zero attached hydrogens (tertiary/aromatic N) is 2. The first kappa shape index (κ1) is 15.0. The second kappa shape index (κ2) is 6.88. The Hall–Kier alpha value is -2.37. The first-order valence-electron chi connectivity index (χ1n) is 6.91. The monoisotopic (exact) mass is 290 g/mol. The van der Waals surface area contributed by atoms with Crippen LogP contribution in [0.3, 0.4) is 0 Å². The van der Waals surface area contributed by atoms with Gasteiger partial charge in [-0.2, -0.15) is 0 Å². The summed E-state index contributed by atoms with van der Waals surface area (Å²) in [5.74, 6) is 0.162. The van der Waals surface area contributed by atoms with E-state index >= 15 is 0 Å². The molecule has 0 atom stereocenters. The van der Waals surface area contributed by atoms with Crippen LogP contribution in [0.1, 0.15) is 26.1 Å². The summed E-state index contributed by atoms with van der Waals surface area (Å²) in [4.78, 5) is 15.3. The summed E-state index contributed by atoms with van der Waals surface area (Å²) < 4.78 is 15.6. The molecule has 0 spiro atoms. The van der Waals surface area contributed by atoms with Gasteiger partial charge in [0.2, 0.25) is 5.91 Å². The standard InChI is InChI=1S/C15H19FN4O/c1-3-7-20-8-6-17-15(20)10-18-12-4-5-13(16)14(9-12)19-11(2)21/h4-6,8-9,18H,3,7,10H2,1-2H3,(H,19,21). The van der Waals surface area contributed by atoms with E-state index in [2.05, 4.69) is 27.1 Å². The minimum absolute atomic E-state index is 0.171. The lowest BCUT2D eigenvalue weighted by Gasteiger charge is -2.11. The highest BCUT2D eigenvalue weighted by molar-refractivity contribution is 5.89. The van der Waals surface area contributed by atoms with Gasteiger partial charge in [0.1, 0.15) is 11.6 Å². The van der Waals surface area contributed by atoms with Crippen LogP contribution in [0.4, 0.5) is 15.8 Å². The maximum Gasteiger partial charge on any atom is 0.221 e. The minimum Gasteiger partial charge on any atom is -0.378 e. The van der Waals surface area contributed by atoms with E-state index in [4.69, 9.17) is 0 Å². The molecule has 0 fully saturated rings. The van der Waals surface area contributed by atoms with Crippen molar-refractivity contribution in [2.75, 3.05) is 10.6 Å². The van der Waals surface area contributed by atoms with E-state index in [-0.39, 0.29) is 11.6 Å². The second-order valence-electron chi connectivity index (χ2n) is 4.77. The zero-order valence-corrected chi connectivity index (χ0v) is 12.2. The van der Waals surface area contributed by atoms with E-state index in [1.165, 1.54) is 13.0 Å². The Bertz CT molecular complexity index is 624. The van der Waals surface area contributed by atoms with E-state index in [0.717, 1.165) is 24.5 Å². The number of imidazole rings is 1. The Labute approximate surface area is 123 Å². The number of hydrogen-bond donors (Lipinski definition) is 2. The van der Waals surface area contributed by atoms with Gasteiger partial charge in [0.25, 0.3) is 0 Å². The lowest BCUT2D eigenvalue weighted by atomic mass is 10.2. The fraction of sp³-hybridized carbons (Fsp3) is 0.333. The van der Waals surface area contributed by atoms with Crippen molar-refractivity contribution in [2.24, 2.45) is 0 Å². The number of halogens is 1. The lowest BCUT2D eigenvalue weighted by molar-refractivity contribution is -0.114. The van der Waals surface area contributed by atoms with Crippen LogP contribution in [0.25, 0.3) is 0 Å². The molecule has 0 saturated carbocycles. The van der Waals surface area contributed by atoms with Gasteiger partial charge in [-0.3, -0.25) is 4.79 Å². The van der Waals surface area contributed by atoms with Crippen LogP contribution in [-0.4, -0.2) is 15.5 Å². The van der Waals surface area contributed by atoms with Crippen molar-refractivity contribution < 1.29 is 9.18 Å². The highest BCUT2D eigenvalue weighted by atomic mass is 19.1. The molecule has 0 bridgehead atoms. The van der Waals surface area contributed by atoms with Gasteiger partial charge >= 0.3 is 0 Å². The number of aryl methyl sites for hydroxylation is 1. The molecule has 2 rings (SSSR count). The first-order valence-corrected chi connectivity index (χ1v) is 6.91. The Kier molecular flexibility index (Phi) is 4.92. The molecule has 0 radical (unpaired) electrons. The zero-order chi connectivity index (χ0) is 15.2. The maximum absolute atomic E-state index is 13.5. The van der Waals surface area contributed by atoms with Gasteiger partial charge in [0.05, 0.1) is 12.2 Å². The third-order valence-electron chi connectivity index (χ3n) is 2.99. The molecule has 0 unspecified atom stereocenters. The normalized spacial score (nSPS) is 10.4. The molecule has 1 aromatic carbocycles. The quantitative estimate of drug-likeness (QED) is 0.859. The number of carbonyl (C=O) groups excluding carboxylic acids is 1. The van der Waals surface area contributed by atoms with Gasteiger partial charge in [-0.15, -0.1) is 0 Å². The van der Waals surface area contributed by atoms with Crippen LogP contribution in [0, 0.1) is 5.82 Å². The van der Waals surface area contributed by atoms with Crippen LogP contribution in [0.5, 0.6) is 0 Å². The number of carbonyl (C=O) groups is 1. The summed E-state index contributed by atoms with van der Waals surface area (Å²) >= 11 is 0. The molecule has 1 amide bonds. The molecule has 0 aliphatic rings. The highest BCUT2D eigenvalue weighted by Crippen LogP contribution is 2.20. The number of rotatable bonds is 6. The molecule has 2 aromatic rings. The molecule has 6 heteroatoms. The molecule has 1 aromatic heterocycles. The van der Waals surface area contributed by atoms with E-state index in [1.54, 1.807) is 18.3 Å². The number of aromatic nitrogens is 2. The fourth-order valence-corrected chi connectivity index (χ4v) is 2.05. The highest BCUT2D eigenvalue weighted by Gasteiger charge is 2.06. The predicted octanol–water partition coefficient (Wildman–Crippen LogP) is 3.00. The lowest BCUT2D eigenvalue weighted by Crippen LogP contribution is -2.10. The van der Waals surface area contributed by atoms with E-state index in [0.29, 0.717) is 6.54 Å². The topological polar surface area (TPSA) is 59.0 Å². The summed E-state index contributed by atoms with van der Waals surface area (Å²) in [7, 11) is 0. The van der Waals surface area contributed by atoms with Gasteiger partial charge in [-0.1, -0.05) is 6.92 Å².